The number of hydrogen-bond acceptors (Lipinski definition) is 3. The molecule has 0 aliphatic carbocycles. The Morgan fingerprint density at radius 1 is 1.38 bits per heavy atom. The van der Waals surface area contributed by atoms with Crippen molar-refractivity contribution in [3.8, 4) is 5.75 Å². The van der Waals surface area contributed by atoms with Crippen LogP contribution in [-0.4, -0.2) is 33.2 Å². The van der Waals surface area contributed by atoms with E-state index in [4.69, 9.17) is 4.74 Å². The van der Waals surface area contributed by atoms with E-state index in [1.165, 1.54) is 0 Å². The number of carbonyl (C=O) groups is 1. The lowest BCUT2D eigenvalue weighted by atomic mass is 10.1. The molecule has 5 nitrogen and oxygen atoms in total. The maximum absolute atomic E-state index is 12.3. The summed E-state index contributed by atoms with van der Waals surface area (Å²) < 4.78 is 5.44. The van der Waals surface area contributed by atoms with Gasteiger partial charge in [-0.05, 0) is 44.9 Å². The molecule has 3 rings (SSSR count). The number of phenols is 1. The van der Waals surface area contributed by atoms with Crippen LogP contribution >= 0.6 is 0 Å². The van der Waals surface area contributed by atoms with Gasteiger partial charge in [0, 0.05) is 29.2 Å². The molecule has 0 bridgehead atoms. The standard InChI is InChI=1S/C16H20N2O3/c1-16(2,3)21-15(20)18-7-6-10-8-17-12-4-5-13(19)11(9-18)14(10)12/h4-5,8,17,19H,6-7,9H2,1-3H3. The van der Waals surface area contributed by atoms with Crippen LogP contribution in [0, 0.1) is 0 Å². The van der Waals surface area contributed by atoms with Crippen molar-refractivity contribution in [2.75, 3.05) is 6.54 Å². The fourth-order valence-corrected chi connectivity index (χ4v) is 2.73. The van der Waals surface area contributed by atoms with Gasteiger partial charge in [-0.25, -0.2) is 4.79 Å². The summed E-state index contributed by atoms with van der Waals surface area (Å²) in [6.07, 6.45) is 2.36. The molecule has 0 radical (unpaired) electrons. The van der Waals surface area contributed by atoms with E-state index >= 15 is 0 Å². The molecule has 2 aromatic rings. The zero-order chi connectivity index (χ0) is 15.2. The van der Waals surface area contributed by atoms with E-state index in [0.29, 0.717) is 13.1 Å². The second-order valence-corrected chi connectivity index (χ2v) is 6.45. The van der Waals surface area contributed by atoms with Crippen LogP contribution in [0.15, 0.2) is 18.3 Å². The average molecular weight is 288 g/mol. The number of phenolic OH excluding ortho intramolecular Hbond substituents is 1. The van der Waals surface area contributed by atoms with Crippen LogP contribution in [0.5, 0.6) is 5.75 Å². The molecule has 1 aromatic heterocycles. The summed E-state index contributed by atoms with van der Waals surface area (Å²) in [5.41, 5.74) is 2.38. The molecule has 1 aromatic carbocycles. The third kappa shape index (κ3) is 2.55. The second-order valence-electron chi connectivity index (χ2n) is 6.45. The summed E-state index contributed by atoms with van der Waals surface area (Å²) in [5, 5.41) is 11.2. The first-order chi connectivity index (χ1) is 9.85. The van der Waals surface area contributed by atoms with Gasteiger partial charge in [0.15, 0.2) is 0 Å². The SMILES string of the molecule is CC(C)(C)OC(=O)N1CCc2c[nH]c3ccc(O)c(c23)C1. The first kappa shape index (κ1) is 13.8. The maximum Gasteiger partial charge on any atom is 0.410 e. The molecular formula is C16H20N2O3. The van der Waals surface area contributed by atoms with Gasteiger partial charge in [0.1, 0.15) is 11.4 Å². The lowest BCUT2D eigenvalue weighted by Crippen LogP contribution is -2.37. The first-order valence-electron chi connectivity index (χ1n) is 7.14. The Hall–Kier alpha value is -2.17. The number of carbonyl (C=O) groups excluding carboxylic acids is 1. The van der Waals surface area contributed by atoms with Crippen LogP contribution in [0.25, 0.3) is 10.9 Å². The van der Waals surface area contributed by atoms with Crippen molar-refractivity contribution in [3.63, 3.8) is 0 Å². The zero-order valence-electron chi connectivity index (χ0n) is 12.6. The van der Waals surface area contributed by atoms with Gasteiger partial charge in [-0.15, -0.1) is 0 Å². The van der Waals surface area contributed by atoms with Gasteiger partial charge in [-0.1, -0.05) is 0 Å². The molecule has 5 heteroatoms. The van der Waals surface area contributed by atoms with Crippen LogP contribution in [0.3, 0.4) is 0 Å². The number of rotatable bonds is 0. The third-order valence-corrected chi connectivity index (χ3v) is 3.66. The number of hydrogen-bond donors (Lipinski definition) is 2. The van der Waals surface area contributed by atoms with Crippen molar-refractivity contribution >= 4 is 17.0 Å². The lowest BCUT2D eigenvalue weighted by molar-refractivity contribution is 0.0238. The van der Waals surface area contributed by atoms with Gasteiger partial charge < -0.3 is 19.7 Å². The van der Waals surface area contributed by atoms with Gasteiger partial charge in [0.05, 0.1) is 6.54 Å². The van der Waals surface area contributed by atoms with Gasteiger partial charge in [0.25, 0.3) is 0 Å². The topological polar surface area (TPSA) is 65.6 Å². The first-order valence-corrected chi connectivity index (χ1v) is 7.14. The van der Waals surface area contributed by atoms with E-state index in [1.807, 2.05) is 33.0 Å². The lowest BCUT2D eigenvalue weighted by Gasteiger charge is -2.26. The molecule has 112 valence electrons. The molecule has 0 saturated carbocycles. The van der Waals surface area contributed by atoms with E-state index in [9.17, 15) is 9.90 Å². The number of aromatic hydroxyl groups is 1. The summed E-state index contributed by atoms with van der Waals surface area (Å²) >= 11 is 0. The Bertz CT molecular complexity index is 697. The number of aromatic nitrogens is 1. The fourth-order valence-electron chi connectivity index (χ4n) is 2.73. The highest BCUT2D eigenvalue weighted by Gasteiger charge is 2.26. The summed E-state index contributed by atoms with van der Waals surface area (Å²) in [6.45, 7) is 6.50. The Labute approximate surface area is 123 Å². The molecule has 0 spiro atoms. The Morgan fingerprint density at radius 2 is 2.14 bits per heavy atom. The van der Waals surface area contributed by atoms with Crippen LogP contribution in [0.1, 0.15) is 31.9 Å². The second kappa shape index (κ2) is 4.69. The molecule has 1 aliphatic rings. The monoisotopic (exact) mass is 288 g/mol. The van der Waals surface area contributed by atoms with Crippen molar-refractivity contribution in [1.29, 1.82) is 0 Å². The maximum atomic E-state index is 12.3. The van der Waals surface area contributed by atoms with Crippen LogP contribution in [0.4, 0.5) is 4.79 Å². The third-order valence-electron chi connectivity index (χ3n) is 3.66. The Morgan fingerprint density at radius 3 is 2.86 bits per heavy atom. The Kier molecular flexibility index (Phi) is 3.08. The van der Waals surface area contributed by atoms with Crippen molar-refractivity contribution in [3.05, 3.63) is 29.5 Å². The summed E-state index contributed by atoms with van der Waals surface area (Å²) in [5.74, 6) is 0.221. The van der Waals surface area contributed by atoms with E-state index in [1.54, 1.807) is 11.0 Å². The predicted octanol–water partition coefficient (Wildman–Crippen LogP) is 3.17. The zero-order valence-corrected chi connectivity index (χ0v) is 12.6. The Balaban J connectivity index is 1.95. The largest absolute Gasteiger partial charge is 0.508 e. The molecule has 1 aliphatic heterocycles. The molecule has 0 saturated heterocycles. The number of ether oxygens (including phenoxy) is 1. The summed E-state index contributed by atoms with van der Waals surface area (Å²) in [4.78, 5) is 17.1. The van der Waals surface area contributed by atoms with Gasteiger partial charge in [0.2, 0.25) is 0 Å². The van der Waals surface area contributed by atoms with Crippen LogP contribution in [0.2, 0.25) is 0 Å². The van der Waals surface area contributed by atoms with E-state index in [-0.39, 0.29) is 11.8 Å². The number of amides is 1. The molecule has 21 heavy (non-hydrogen) atoms. The molecule has 0 atom stereocenters. The van der Waals surface area contributed by atoms with E-state index < -0.39 is 5.60 Å². The normalized spacial score (nSPS) is 15.1. The number of aromatic amines is 1. The summed E-state index contributed by atoms with van der Waals surface area (Å²) in [7, 11) is 0. The highest BCUT2D eigenvalue weighted by atomic mass is 16.6. The molecule has 2 N–H and O–H groups in total. The number of H-pyrrole nitrogens is 1. The quantitative estimate of drug-likeness (QED) is 0.782. The van der Waals surface area contributed by atoms with Gasteiger partial charge in [-0.3, -0.25) is 0 Å². The number of nitrogens with zero attached hydrogens (tertiary/aromatic N) is 1. The van der Waals surface area contributed by atoms with Crippen molar-refractivity contribution in [1.82, 2.24) is 9.88 Å². The molecule has 2 heterocycles. The smallest absolute Gasteiger partial charge is 0.410 e. The highest BCUT2D eigenvalue weighted by molar-refractivity contribution is 5.89. The number of nitrogens with one attached hydrogen (secondary N) is 1. The molecular weight excluding hydrogens is 268 g/mol. The number of benzene rings is 1. The van der Waals surface area contributed by atoms with Crippen molar-refractivity contribution in [2.45, 2.75) is 39.3 Å². The van der Waals surface area contributed by atoms with Gasteiger partial charge >= 0.3 is 6.09 Å². The summed E-state index contributed by atoms with van der Waals surface area (Å²) in [6, 6.07) is 3.53. The average Bonchev–Trinajstić information content (AvgIpc) is 2.67. The molecule has 0 unspecified atom stereocenters. The fraction of sp³-hybridized carbons (Fsp3) is 0.438. The molecule has 0 fully saturated rings. The van der Waals surface area contributed by atoms with Crippen molar-refractivity contribution in [2.24, 2.45) is 0 Å². The van der Waals surface area contributed by atoms with Crippen LogP contribution < -0.4 is 0 Å². The van der Waals surface area contributed by atoms with Crippen LogP contribution in [-0.2, 0) is 17.7 Å². The predicted molar refractivity (Wildman–Crippen MR) is 80.3 cm³/mol. The highest BCUT2D eigenvalue weighted by Crippen LogP contribution is 2.33. The molecule has 1 amide bonds. The minimum absolute atomic E-state index is 0.221. The van der Waals surface area contributed by atoms with Gasteiger partial charge in [-0.2, -0.15) is 0 Å². The van der Waals surface area contributed by atoms with E-state index in [0.717, 1.165) is 28.5 Å². The van der Waals surface area contributed by atoms with Crippen molar-refractivity contribution < 1.29 is 14.6 Å². The minimum atomic E-state index is -0.520. The van der Waals surface area contributed by atoms with E-state index in [2.05, 4.69) is 4.98 Å². The minimum Gasteiger partial charge on any atom is -0.508 e.